The minimum atomic E-state index is -0.103. The minimum Gasteiger partial charge on any atom is -0.458 e. The average molecular weight is 602 g/mol. The number of rotatable bonds is 1. The van der Waals surface area contributed by atoms with E-state index < -0.39 is 0 Å². The summed E-state index contributed by atoms with van der Waals surface area (Å²) in [6.45, 7) is 16.4. The van der Waals surface area contributed by atoms with Crippen molar-refractivity contribution in [3.8, 4) is 23.0 Å². The molecule has 228 valence electrons. The van der Waals surface area contributed by atoms with Gasteiger partial charge in [-0.05, 0) is 94.1 Å². The normalized spacial score (nSPS) is 18.5. The van der Waals surface area contributed by atoms with Gasteiger partial charge in [0.05, 0.1) is 11.4 Å². The van der Waals surface area contributed by atoms with Crippen LogP contribution in [0.2, 0.25) is 0 Å². The topological polar surface area (TPSA) is 21.7 Å². The van der Waals surface area contributed by atoms with E-state index in [1.54, 1.807) is 0 Å². The van der Waals surface area contributed by atoms with Gasteiger partial charge < -0.3 is 14.4 Å². The summed E-state index contributed by atoms with van der Waals surface area (Å²) >= 11 is 0. The van der Waals surface area contributed by atoms with Gasteiger partial charge in [-0.25, -0.2) is 0 Å². The highest BCUT2D eigenvalue weighted by atomic mass is 16.5. The monoisotopic (exact) mass is 601 g/mol. The SMILES string of the molecule is Cc1cc2c3c(c1)Oc1c(ccc4c1C(C)(C)CCC4(C)C)B3c1ccc(N3c4ccccc4C(C)(C)c4ccccc43)cc1O2. The molecular formula is C42H40BNO2. The van der Waals surface area contributed by atoms with Gasteiger partial charge in [-0.3, -0.25) is 0 Å². The van der Waals surface area contributed by atoms with E-state index in [1.807, 2.05) is 0 Å². The molecule has 3 heterocycles. The van der Waals surface area contributed by atoms with Crippen molar-refractivity contribution in [3.05, 3.63) is 119 Å². The van der Waals surface area contributed by atoms with E-state index in [1.165, 1.54) is 51.0 Å². The van der Waals surface area contributed by atoms with Crippen molar-refractivity contribution in [1.82, 2.24) is 0 Å². The lowest BCUT2D eigenvalue weighted by Crippen LogP contribution is -2.58. The highest BCUT2D eigenvalue weighted by Crippen LogP contribution is 2.53. The Hall–Kier alpha value is -4.44. The largest absolute Gasteiger partial charge is 0.458 e. The number of hydrogen-bond donors (Lipinski definition) is 0. The molecule has 0 atom stereocenters. The fraction of sp³-hybridized carbons (Fsp3) is 0.286. The number of anilines is 3. The Bertz CT molecular complexity index is 2070. The molecule has 0 spiro atoms. The van der Waals surface area contributed by atoms with Crippen molar-refractivity contribution in [2.75, 3.05) is 4.90 Å². The number of hydrogen-bond acceptors (Lipinski definition) is 3. The van der Waals surface area contributed by atoms with Gasteiger partial charge in [0.2, 0.25) is 0 Å². The van der Waals surface area contributed by atoms with Crippen molar-refractivity contribution in [2.24, 2.45) is 0 Å². The van der Waals surface area contributed by atoms with Crippen LogP contribution in [0.3, 0.4) is 0 Å². The maximum absolute atomic E-state index is 6.98. The lowest BCUT2D eigenvalue weighted by Gasteiger charge is -2.45. The zero-order valence-corrected chi connectivity index (χ0v) is 27.9. The van der Waals surface area contributed by atoms with Gasteiger partial charge in [-0.2, -0.15) is 0 Å². The smallest absolute Gasteiger partial charge is 0.260 e. The fourth-order valence-corrected chi connectivity index (χ4v) is 8.89. The van der Waals surface area contributed by atoms with Crippen LogP contribution in [-0.2, 0) is 16.2 Å². The molecule has 4 aliphatic rings. The summed E-state index contributed by atoms with van der Waals surface area (Å²) in [4.78, 5) is 2.41. The third kappa shape index (κ3) is 3.67. The summed E-state index contributed by atoms with van der Waals surface area (Å²) in [7, 11) is 0. The number of para-hydroxylation sites is 2. The van der Waals surface area contributed by atoms with Crippen LogP contribution in [0.5, 0.6) is 23.0 Å². The van der Waals surface area contributed by atoms with Crippen molar-refractivity contribution < 1.29 is 9.47 Å². The molecule has 1 aliphatic carbocycles. The Kier molecular flexibility index (Phi) is 5.50. The maximum atomic E-state index is 6.98. The molecule has 3 aliphatic heterocycles. The van der Waals surface area contributed by atoms with Gasteiger partial charge in [-0.1, -0.05) is 96.1 Å². The number of nitrogens with zero attached hydrogens (tertiary/aromatic N) is 1. The zero-order chi connectivity index (χ0) is 31.7. The summed E-state index contributed by atoms with van der Waals surface area (Å²) in [5.74, 6) is 3.79. The quantitative estimate of drug-likeness (QED) is 0.175. The van der Waals surface area contributed by atoms with Gasteiger partial charge >= 0.3 is 0 Å². The average Bonchev–Trinajstić information content (AvgIpc) is 3.02. The summed E-state index contributed by atoms with van der Waals surface area (Å²) in [6, 6.07) is 33.6. The highest BCUT2D eigenvalue weighted by Gasteiger charge is 2.46. The Balaban J connectivity index is 1.26. The van der Waals surface area contributed by atoms with Gasteiger partial charge in [0, 0.05) is 28.2 Å². The van der Waals surface area contributed by atoms with Crippen molar-refractivity contribution >= 4 is 40.2 Å². The second kappa shape index (κ2) is 9.09. The molecule has 5 aromatic carbocycles. The van der Waals surface area contributed by atoms with Crippen molar-refractivity contribution in [3.63, 3.8) is 0 Å². The molecule has 0 saturated heterocycles. The molecule has 0 saturated carbocycles. The maximum Gasteiger partial charge on any atom is 0.260 e. The Morgan fingerprint density at radius 3 is 1.91 bits per heavy atom. The molecule has 0 unspecified atom stereocenters. The van der Waals surface area contributed by atoms with Crippen LogP contribution in [0.15, 0.2) is 91.0 Å². The summed E-state index contributed by atoms with van der Waals surface area (Å²) < 4.78 is 13.8. The van der Waals surface area contributed by atoms with E-state index in [4.69, 9.17) is 9.47 Å². The molecule has 0 N–H and O–H groups in total. The molecule has 0 bridgehead atoms. The molecular weight excluding hydrogens is 561 g/mol. The lowest BCUT2D eigenvalue weighted by atomic mass is 9.34. The van der Waals surface area contributed by atoms with Gasteiger partial charge in [0.15, 0.2) is 0 Å². The van der Waals surface area contributed by atoms with Crippen LogP contribution in [0.1, 0.15) is 82.2 Å². The Morgan fingerprint density at radius 2 is 1.22 bits per heavy atom. The third-order valence-corrected chi connectivity index (χ3v) is 11.5. The van der Waals surface area contributed by atoms with E-state index in [2.05, 4.69) is 144 Å². The van der Waals surface area contributed by atoms with E-state index in [9.17, 15) is 0 Å². The Labute approximate surface area is 273 Å². The first-order chi connectivity index (χ1) is 22.0. The number of benzene rings is 5. The summed E-state index contributed by atoms with van der Waals surface area (Å²) in [6.07, 6.45) is 2.32. The Morgan fingerprint density at radius 1 is 0.609 bits per heavy atom. The van der Waals surface area contributed by atoms with Gasteiger partial charge in [0.25, 0.3) is 6.71 Å². The van der Waals surface area contributed by atoms with Crippen LogP contribution in [-0.4, -0.2) is 6.71 Å². The molecule has 0 aromatic heterocycles. The van der Waals surface area contributed by atoms with E-state index >= 15 is 0 Å². The molecule has 3 nitrogen and oxygen atoms in total. The fourth-order valence-electron chi connectivity index (χ4n) is 8.89. The first-order valence-electron chi connectivity index (χ1n) is 16.8. The molecule has 4 heteroatoms. The molecule has 9 rings (SSSR count). The van der Waals surface area contributed by atoms with Gasteiger partial charge in [-0.15, -0.1) is 0 Å². The van der Waals surface area contributed by atoms with Crippen LogP contribution in [0.25, 0.3) is 0 Å². The first-order valence-corrected chi connectivity index (χ1v) is 16.8. The summed E-state index contributed by atoms with van der Waals surface area (Å²) in [5.41, 5.74) is 13.7. The minimum absolute atomic E-state index is 0.0288. The predicted molar refractivity (Wildman–Crippen MR) is 191 cm³/mol. The summed E-state index contributed by atoms with van der Waals surface area (Å²) in [5, 5.41) is 0. The van der Waals surface area contributed by atoms with E-state index in [-0.39, 0.29) is 23.0 Å². The molecule has 46 heavy (non-hydrogen) atoms. The van der Waals surface area contributed by atoms with Crippen LogP contribution < -0.4 is 30.8 Å². The van der Waals surface area contributed by atoms with Gasteiger partial charge in [0.1, 0.15) is 23.0 Å². The zero-order valence-electron chi connectivity index (χ0n) is 27.9. The molecule has 0 amide bonds. The first kappa shape index (κ1) is 27.8. The molecule has 5 aromatic rings. The lowest BCUT2D eigenvalue weighted by molar-refractivity contribution is 0.320. The molecule has 0 fully saturated rings. The van der Waals surface area contributed by atoms with E-state index in [0.717, 1.165) is 46.1 Å². The molecule has 0 radical (unpaired) electrons. The van der Waals surface area contributed by atoms with Crippen molar-refractivity contribution in [2.45, 2.75) is 77.6 Å². The number of aryl methyl sites for hydroxylation is 1. The third-order valence-electron chi connectivity index (χ3n) is 11.5. The van der Waals surface area contributed by atoms with Crippen molar-refractivity contribution in [1.29, 1.82) is 0 Å². The highest BCUT2D eigenvalue weighted by molar-refractivity contribution is 6.98. The van der Waals surface area contributed by atoms with Crippen LogP contribution >= 0.6 is 0 Å². The second-order valence-electron chi connectivity index (χ2n) is 15.7. The van der Waals surface area contributed by atoms with E-state index in [0.29, 0.717) is 0 Å². The number of ether oxygens (including phenoxy) is 2. The van der Waals surface area contributed by atoms with Crippen LogP contribution in [0.4, 0.5) is 17.1 Å². The predicted octanol–water partition coefficient (Wildman–Crippen LogP) is 9.18. The standard InChI is InChI=1S/C42H40BNO2/c1-25-22-35-38-36(23-25)46-39-31(19-17-29-37(39)41(4,5)21-20-40(29,2)3)43(38)30-18-16-26(24-34(30)45-35)44-32-14-10-8-12-27(32)42(6,7)28-13-9-11-15-33(28)44/h8-19,22-24H,20-21H2,1-7H3. The van der Waals surface area contributed by atoms with Crippen LogP contribution in [0, 0.1) is 6.92 Å². The second-order valence-corrected chi connectivity index (χ2v) is 15.7. The number of fused-ring (bicyclic) bond motifs is 8.